The molecule has 5 heteroatoms. The summed E-state index contributed by atoms with van der Waals surface area (Å²) >= 11 is 1.58. The van der Waals surface area contributed by atoms with Crippen LogP contribution in [0, 0.1) is 0 Å². The predicted octanol–water partition coefficient (Wildman–Crippen LogP) is 3.14. The topological polar surface area (TPSA) is 52.5 Å². The SMILES string of the molecule is NCc1c(Oc2ccc3c(c2)CCC3)nc2sccn12. The van der Waals surface area contributed by atoms with Crippen LogP contribution in [0.3, 0.4) is 0 Å². The van der Waals surface area contributed by atoms with Crippen LogP contribution < -0.4 is 10.5 Å². The molecule has 2 N–H and O–H groups in total. The molecule has 20 heavy (non-hydrogen) atoms. The van der Waals surface area contributed by atoms with Gasteiger partial charge in [0, 0.05) is 18.1 Å². The Labute approximate surface area is 120 Å². The van der Waals surface area contributed by atoms with Gasteiger partial charge in [-0.2, -0.15) is 4.98 Å². The highest BCUT2D eigenvalue weighted by Crippen LogP contribution is 2.31. The predicted molar refractivity (Wildman–Crippen MR) is 79.5 cm³/mol. The van der Waals surface area contributed by atoms with Crippen molar-refractivity contribution >= 4 is 16.3 Å². The molecule has 1 aromatic carbocycles. The second kappa shape index (κ2) is 4.61. The number of aromatic nitrogens is 2. The summed E-state index contributed by atoms with van der Waals surface area (Å²) < 4.78 is 7.96. The van der Waals surface area contributed by atoms with Crippen LogP contribution in [0.1, 0.15) is 23.2 Å². The number of nitrogens with zero attached hydrogens (tertiary/aromatic N) is 2. The summed E-state index contributed by atoms with van der Waals surface area (Å²) in [6.45, 7) is 0.415. The lowest BCUT2D eigenvalue weighted by Gasteiger charge is -2.07. The third-order valence-corrected chi connectivity index (χ3v) is 4.56. The number of hydrogen-bond acceptors (Lipinski definition) is 4. The Morgan fingerprint density at radius 3 is 3.10 bits per heavy atom. The van der Waals surface area contributed by atoms with Crippen molar-refractivity contribution in [1.82, 2.24) is 9.38 Å². The minimum Gasteiger partial charge on any atom is -0.437 e. The first kappa shape index (κ1) is 11.9. The molecule has 0 atom stereocenters. The van der Waals surface area contributed by atoms with Crippen LogP contribution in [0.15, 0.2) is 29.8 Å². The van der Waals surface area contributed by atoms with E-state index in [1.807, 2.05) is 22.0 Å². The van der Waals surface area contributed by atoms with Crippen LogP contribution in [0.2, 0.25) is 0 Å². The molecule has 1 aliphatic carbocycles. The van der Waals surface area contributed by atoms with E-state index in [-0.39, 0.29) is 0 Å². The van der Waals surface area contributed by atoms with Crippen molar-refractivity contribution in [1.29, 1.82) is 0 Å². The number of benzene rings is 1. The van der Waals surface area contributed by atoms with E-state index in [0.717, 1.165) is 22.8 Å². The molecule has 4 nitrogen and oxygen atoms in total. The van der Waals surface area contributed by atoms with Crippen LogP contribution in [-0.4, -0.2) is 9.38 Å². The number of rotatable bonds is 3. The molecule has 0 saturated carbocycles. The van der Waals surface area contributed by atoms with Gasteiger partial charge in [0.1, 0.15) is 11.4 Å². The van der Waals surface area contributed by atoms with Gasteiger partial charge in [0.05, 0.1) is 0 Å². The van der Waals surface area contributed by atoms with Gasteiger partial charge >= 0.3 is 0 Å². The number of imidazole rings is 1. The zero-order valence-corrected chi connectivity index (χ0v) is 11.8. The Bertz CT molecular complexity index is 775. The van der Waals surface area contributed by atoms with Gasteiger partial charge in [0.25, 0.3) is 0 Å². The molecular weight excluding hydrogens is 270 g/mol. The average Bonchev–Trinajstić information content (AvgIpc) is 3.12. The molecule has 0 radical (unpaired) electrons. The summed E-state index contributed by atoms with van der Waals surface area (Å²) in [5.41, 5.74) is 9.59. The van der Waals surface area contributed by atoms with Gasteiger partial charge < -0.3 is 10.5 Å². The molecular formula is C15H15N3OS. The van der Waals surface area contributed by atoms with Crippen LogP contribution in [0.25, 0.3) is 4.96 Å². The maximum atomic E-state index is 5.96. The lowest BCUT2D eigenvalue weighted by Crippen LogP contribution is -2.01. The summed E-state index contributed by atoms with van der Waals surface area (Å²) in [7, 11) is 0. The van der Waals surface area contributed by atoms with Crippen LogP contribution in [0.4, 0.5) is 0 Å². The van der Waals surface area contributed by atoms with Crippen molar-refractivity contribution in [3.8, 4) is 11.6 Å². The maximum absolute atomic E-state index is 5.96. The second-order valence-electron chi connectivity index (χ2n) is 5.01. The highest BCUT2D eigenvalue weighted by molar-refractivity contribution is 7.15. The van der Waals surface area contributed by atoms with E-state index in [9.17, 15) is 0 Å². The standard InChI is InChI=1S/C15H15N3OS/c16-9-13-14(17-15-18(13)6-7-20-15)19-12-5-4-10-2-1-3-11(10)8-12/h4-8H,1-3,9,16H2. The van der Waals surface area contributed by atoms with Crippen molar-refractivity contribution < 1.29 is 4.74 Å². The second-order valence-corrected chi connectivity index (χ2v) is 5.88. The number of aryl methyl sites for hydroxylation is 2. The van der Waals surface area contributed by atoms with E-state index in [1.54, 1.807) is 11.3 Å². The van der Waals surface area contributed by atoms with Gasteiger partial charge in [0.2, 0.25) is 5.88 Å². The molecule has 3 aromatic rings. The third kappa shape index (κ3) is 1.82. The summed E-state index contributed by atoms with van der Waals surface area (Å²) in [5, 5.41) is 2.00. The number of nitrogens with two attached hydrogens (primary N) is 1. The van der Waals surface area contributed by atoms with E-state index >= 15 is 0 Å². The first-order valence-corrected chi connectivity index (χ1v) is 7.67. The summed E-state index contributed by atoms with van der Waals surface area (Å²) in [6, 6.07) is 6.33. The van der Waals surface area contributed by atoms with Gasteiger partial charge in [-0.05, 0) is 42.5 Å². The zero-order valence-electron chi connectivity index (χ0n) is 11.0. The smallest absolute Gasteiger partial charge is 0.243 e. The van der Waals surface area contributed by atoms with Crippen molar-refractivity contribution in [3.63, 3.8) is 0 Å². The third-order valence-electron chi connectivity index (χ3n) is 3.80. The number of thiazole rings is 1. The Morgan fingerprint density at radius 1 is 1.30 bits per heavy atom. The molecule has 2 heterocycles. The van der Waals surface area contributed by atoms with Crippen LogP contribution in [-0.2, 0) is 19.4 Å². The number of fused-ring (bicyclic) bond motifs is 2. The largest absolute Gasteiger partial charge is 0.437 e. The normalized spacial score (nSPS) is 13.8. The Morgan fingerprint density at radius 2 is 2.20 bits per heavy atom. The van der Waals surface area contributed by atoms with E-state index < -0.39 is 0 Å². The Kier molecular flexibility index (Phi) is 2.75. The fourth-order valence-corrected chi connectivity index (χ4v) is 3.53. The quantitative estimate of drug-likeness (QED) is 0.804. The van der Waals surface area contributed by atoms with Crippen molar-refractivity contribution in [2.75, 3.05) is 0 Å². The van der Waals surface area contributed by atoms with E-state index in [2.05, 4.69) is 17.1 Å². The molecule has 0 spiro atoms. The van der Waals surface area contributed by atoms with E-state index in [4.69, 9.17) is 10.5 Å². The highest BCUT2D eigenvalue weighted by Gasteiger charge is 2.16. The first-order chi connectivity index (χ1) is 9.85. The van der Waals surface area contributed by atoms with Crippen molar-refractivity contribution in [2.24, 2.45) is 5.73 Å². The van der Waals surface area contributed by atoms with E-state index in [1.165, 1.54) is 24.0 Å². The summed E-state index contributed by atoms with van der Waals surface area (Å²) in [4.78, 5) is 5.43. The van der Waals surface area contributed by atoms with Gasteiger partial charge in [-0.15, -0.1) is 11.3 Å². The average molecular weight is 285 g/mol. The Balaban J connectivity index is 1.71. The molecule has 1 aliphatic rings. The zero-order chi connectivity index (χ0) is 13.5. The lowest BCUT2D eigenvalue weighted by molar-refractivity contribution is 0.459. The van der Waals surface area contributed by atoms with Gasteiger partial charge in [-0.25, -0.2) is 0 Å². The molecule has 4 rings (SSSR count). The van der Waals surface area contributed by atoms with Gasteiger partial charge in [0.15, 0.2) is 4.96 Å². The number of hydrogen-bond donors (Lipinski definition) is 1. The van der Waals surface area contributed by atoms with E-state index in [0.29, 0.717) is 12.4 Å². The molecule has 0 aliphatic heterocycles. The van der Waals surface area contributed by atoms with Crippen molar-refractivity contribution in [2.45, 2.75) is 25.8 Å². The summed E-state index contributed by atoms with van der Waals surface area (Å²) in [6.07, 6.45) is 5.55. The highest BCUT2D eigenvalue weighted by atomic mass is 32.1. The molecule has 0 unspecified atom stereocenters. The van der Waals surface area contributed by atoms with Crippen molar-refractivity contribution in [3.05, 3.63) is 46.6 Å². The molecule has 2 aromatic heterocycles. The van der Waals surface area contributed by atoms with Crippen LogP contribution in [0.5, 0.6) is 11.6 Å². The summed E-state index contributed by atoms with van der Waals surface area (Å²) in [5.74, 6) is 1.48. The first-order valence-electron chi connectivity index (χ1n) is 6.79. The van der Waals surface area contributed by atoms with Gasteiger partial charge in [-0.3, -0.25) is 4.40 Å². The fourth-order valence-electron chi connectivity index (χ4n) is 2.80. The molecule has 0 saturated heterocycles. The molecule has 102 valence electrons. The maximum Gasteiger partial charge on any atom is 0.243 e. The number of ether oxygens (including phenoxy) is 1. The molecule has 0 bridgehead atoms. The lowest BCUT2D eigenvalue weighted by atomic mass is 10.1. The van der Waals surface area contributed by atoms with Gasteiger partial charge in [-0.1, -0.05) is 6.07 Å². The molecule has 0 fully saturated rings. The van der Waals surface area contributed by atoms with Crippen LogP contribution >= 0.6 is 11.3 Å². The minimum atomic E-state index is 0.415. The molecule has 0 amide bonds. The monoisotopic (exact) mass is 285 g/mol. The fraction of sp³-hybridized carbons (Fsp3) is 0.267. The Hall–Kier alpha value is -1.85. The minimum absolute atomic E-state index is 0.415.